The van der Waals surface area contributed by atoms with E-state index in [1.807, 2.05) is 0 Å². The predicted molar refractivity (Wildman–Crippen MR) is 156 cm³/mol. The van der Waals surface area contributed by atoms with E-state index < -0.39 is 0 Å². The lowest BCUT2D eigenvalue weighted by molar-refractivity contribution is 0.531. The standard InChI is InChI=1S/C32H37N5/c1-5-20-35(4)32-34-29-30(37(32)21-24(2)3)27-18-12-13-19-28(27)33-31(29)36(22-25-14-8-6-9-15-25)23-26-16-10-7-11-17-26/h6-19,24H,5,20-23H2,1-4H3. The van der Waals surface area contributed by atoms with Crippen LogP contribution < -0.4 is 9.80 Å². The van der Waals surface area contributed by atoms with Crippen LogP contribution >= 0.6 is 0 Å². The van der Waals surface area contributed by atoms with Gasteiger partial charge in [-0.15, -0.1) is 0 Å². The van der Waals surface area contributed by atoms with E-state index in [2.05, 4.69) is 127 Å². The van der Waals surface area contributed by atoms with Crippen LogP contribution in [0.3, 0.4) is 0 Å². The lowest BCUT2D eigenvalue weighted by atomic mass is 10.1. The van der Waals surface area contributed by atoms with Crippen LogP contribution in [0.1, 0.15) is 38.3 Å². The minimum atomic E-state index is 0.492. The van der Waals surface area contributed by atoms with Crippen molar-refractivity contribution < 1.29 is 0 Å². The Morgan fingerprint density at radius 2 is 1.38 bits per heavy atom. The summed E-state index contributed by atoms with van der Waals surface area (Å²) in [6.45, 7) is 10.1. The second kappa shape index (κ2) is 11.0. The van der Waals surface area contributed by atoms with Gasteiger partial charge in [0.05, 0.1) is 11.0 Å². The number of anilines is 2. The maximum Gasteiger partial charge on any atom is 0.206 e. The Hall–Kier alpha value is -3.86. The van der Waals surface area contributed by atoms with Gasteiger partial charge >= 0.3 is 0 Å². The van der Waals surface area contributed by atoms with Crippen LogP contribution in [0.15, 0.2) is 84.9 Å². The van der Waals surface area contributed by atoms with Gasteiger partial charge in [0.15, 0.2) is 5.82 Å². The quantitative estimate of drug-likeness (QED) is 0.205. The Balaban J connectivity index is 1.76. The molecule has 5 aromatic rings. The van der Waals surface area contributed by atoms with Crippen LogP contribution in [0.5, 0.6) is 0 Å². The third-order valence-corrected chi connectivity index (χ3v) is 6.72. The summed E-state index contributed by atoms with van der Waals surface area (Å²) >= 11 is 0. The van der Waals surface area contributed by atoms with E-state index in [4.69, 9.17) is 9.97 Å². The molecule has 0 aliphatic heterocycles. The Morgan fingerprint density at radius 1 is 0.784 bits per heavy atom. The van der Waals surface area contributed by atoms with Crippen molar-refractivity contribution >= 4 is 33.7 Å². The van der Waals surface area contributed by atoms with Gasteiger partial charge in [-0.3, -0.25) is 0 Å². The van der Waals surface area contributed by atoms with Gasteiger partial charge in [-0.05, 0) is 29.5 Å². The first-order valence-electron chi connectivity index (χ1n) is 13.4. The zero-order valence-electron chi connectivity index (χ0n) is 22.4. The highest BCUT2D eigenvalue weighted by Crippen LogP contribution is 2.36. The van der Waals surface area contributed by atoms with Gasteiger partial charge in [0, 0.05) is 38.6 Å². The summed E-state index contributed by atoms with van der Waals surface area (Å²) in [4.78, 5) is 15.3. The zero-order chi connectivity index (χ0) is 25.8. The largest absolute Gasteiger partial charge is 0.346 e. The van der Waals surface area contributed by atoms with Crippen LogP contribution in [0.4, 0.5) is 11.8 Å². The minimum absolute atomic E-state index is 0.492. The van der Waals surface area contributed by atoms with Crippen LogP contribution in [-0.4, -0.2) is 28.1 Å². The first-order valence-corrected chi connectivity index (χ1v) is 13.4. The molecule has 5 rings (SSSR count). The van der Waals surface area contributed by atoms with E-state index in [0.29, 0.717) is 5.92 Å². The molecule has 0 saturated carbocycles. The van der Waals surface area contributed by atoms with Crippen molar-refractivity contribution in [3.8, 4) is 0 Å². The van der Waals surface area contributed by atoms with Crippen molar-refractivity contribution in [2.45, 2.75) is 46.8 Å². The molecule has 5 nitrogen and oxygen atoms in total. The van der Waals surface area contributed by atoms with E-state index in [1.165, 1.54) is 16.6 Å². The number of fused-ring (bicyclic) bond motifs is 3. The average Bonchev–Trinajstić information content (AvgIpc) is 3.28. The van der Waals surface area contributed by atoms with Crippen LogP contribution in [0.2, 0.25) is 0 Å². The van der Waals surface area contributed by atoms with Crippen molar-refractivity contribution in [2.75, 3.05) is 23.4 Å². The molecule has 0 amide bonds. The van der Waals surface area contributed by atoms with Gasteiger partial charge in [-0.2, -0.15) is 0 Å². The molecule has 0 bridgehead atoms. The van der Waals surface area contributed by atoms with Crippen molar-refractivity contribution in [1.29, 1.82) is 0 Å². The second-order valence-corrected chi connectivity index (χ2v) is 10.3. The summed E-state index contributed by atoms with van der Waals surface area (Å²) in [5, 5.41) is 1.16. The predicted octanol–water partition coefficient (Wildman–Crippen LogP) is 7.29. The third-order valence-electron chi connectivity index (χ3n) is 6.72. The molecular formula is C32H37N5. The van der Waals surface area contributed by atoms with E-state index >= 15 is 0 Å². The molecule has 5 heteroatoms. The summed E-state index contributed by atoms with van der Waals surface area (Å²) in [6, 6.07) is 29.8. The fourth-order valence-corrected chi connectivity index (χ4v) is 5.11. The number of aromatic nitrogens is 3. The fraction of sp³-hybridized carbons (Fsp3) is 0.312. The summed E-state index contributed by atoms with van der Waals surface area (Å²) in [7, 11) is 2.16. The van der Waals surface area contributed by atoms with Crippen LogP contribution in [-0.2, 0) is 19.6 Å². The molecule has 2 aromatic heterocycles. The van der Waals surface area contributed by atoms with Crippen LogP contribution in [0, 0.1) is 5.92 Å². The molecule has 0 unspecified atom stereocenters. The van der Waals surface area contributed by atoms with Gasteiger partial charge in [0.1, 0.15) is 5.52 Å². The van der Waals surface area contributed by atoms with Crippen molar-refractivity contribution in [3.05, 3.63) is 96.1 Å². The minimum Gasteiger partial charge on any atom is -0.346 e. The van der Waals surface area contributed by atoms with Crippen molar-refractivity contribution in [2.24, 2.45) is 5.92 Å². The molecule has 0 saturated heterocycles. The first kappa shape index (κ1) is 24.8. The molecule has 0 fully saturated rings. The smallest absolute Gasteiger partial charge is 0.206 e. The number of nitrogens with zero attached hydrogens (tertiary/aromatic N) is 5. The molecule has 3 aromatic carbocycles. The van der Waals surface area contributed by atoms with E-state index in [0.717, 1.165) is 60.8 Å². The van der Waals surface area contributed by atoms with Gasteiger partial charge in [-0.25, -0.2) is 9.97 Å². The Labute approximate surface area is 220 Å². The summed E-state index contributed by atoms with van der Waals surface area (Å²) < 4.78 is 2.42. The third kappa shape index (κ3) is 5.31. The lowest BCUT2D eigenvalue weighted by Crippen LogP contribution is -2.23. The molecule has 0 aliphatic carbocycles. The molecule has 0 aliphatic rings. The maximum absolute atomic E-state index is 5.32. The van der Waals surface area contributed by atoms with E-state index in [9.17, 15) is 0 Å². The van der Waals surface area contributed by atoms with E-state index in [-0.39, 0.29) is 0 Å². The molecule has 37 heavy (non-hydrogen) atoms. The number of imidazole rings is 1. The highest BCUT2D eigenvalue weighted by molar-refractivity contribution is 6.08. The molecule has 0 spiro atoms. The SMILES string of the molecule is CCCN(C)c1nc2c(N(Cc3ccccc3)Cc3ccccc3)nc3ccccc3c2n1CC(C)C. The number of hydrogen-bond acceptors (Lipinski definition) is 4. The van der Waals surface area contributed by atoms with Crippen LogP contribution in [0.25, 0.3) is 21.9 Å². The van der Waals surface area contributed by atoms with E-state index in [1.54, 1.807) is 0 Å². The Morgan fingerprint density at radius 3 is 1.97 bits per heavy atom. The number of rotatable bonds is 10. The molecule has 0 N–H and O–H groups in total. The zero-order valence-corrected chi connectivity index (χ0v) is 22.4. The maximum atomic E-state index is 5.32. The van der Waals surface area contributed by atoms with Gasteiger partial charge in [-0.1, -0.05) is 99.6 Å². The van der Waals surface area contributed by atoms with Gasteiger partial charge < -0.3 is 14.4 Å². The highest BCUT2D eigenvalue weighted by atomic mass is 15.3. The molecular weight excluding hydrogens is 454 g/mol. The summed E-state index contributed by atoms with van der Waals surface area (Å²) in [5.74, 6) is 2.45. The normalized spacial score (nSPS) is 11.5. The van der Waals surface area contributed by atoms with Gasteiger partial charge in [0.25, 0.3) is 0 Å². The Kier molecular flexibility index (Phi) is 7.40. The Bertz CT molecular complexity index is 1420. The lowest BCUT2D eigenvalue weighted by Gasteiger charge is -2.25. The number of para-hydroxylation sites is 1. The average molecular weight is 492 g/mol. The molecule has 0 radical (unpaired) electrons. The fourth-order valence-electron chi connectivity index (χ4n) is 5.11. The van der Waals surface area contributed by atoms with Gasteiger partial charge in [0.2, 0.25) is 5.95 Å². The number of pyridine rings is 1. The van der Waals surface area contributed by atoms with Crippen molar-refractivity contribution in [3.63, 3.8) is 0 Å². The number of hydrogen-bond donors (Lipinski definition) is 0. The molecule has 0 atom stereocenters. The molecule has 2 heterocycles. The summed E-state index contributed by atoms with van der Waals surface area (Å²) in [6.07, 6.45) is 1.07. The van der Waals surface area contributed by atoms with Crippen molar-refractivity contribution in [1.82, 2.24) is 14.5 Å². The molecule has 190 valence electrons. The second-order valence-electron chi connectivity index (χ2n) is 10.3. The number of benzene rings is 3. The topological polar surface area (TPSA) is 37.2 Å². The monoisotopic (exact) mass is 491 g/mol. The first-order chi connectivity index (χ1) is 18.0. The summed E-state index contributed by atoms with van der Waals surface area (Å²) in [5.41, 5.74) is 5.67. The highest BCUT2D eigenvalue weighted by Gasteiger charge is 2.24.